The summed E-state index contributed by atoms with van der Waals surface area (Å²) in [7, 11) is 1.66. The maximum absolute atomic E-state index is 11.2. The Morgan fingerprint density at radius 1 is 1.53 bits per heavy atom. The van der Waals surface area contributed by atoms with E-state index in [1.165, 1.54) is 0 Å². The molecule has 0 radical (unpaired) electrons. The van der Waals surface area contributed by atoms with Gasteiger partial charge in [0.15, 0.2) is 5.82 Å². The minimum absolute atomic E-state index is 0.0684. The molecule has 17 heavy (non-hydrogen) atoms. The molecule has 0 aromatic carbocycles. The van der Waals surface area contributed by atoms with Crippen LogP contribution in [0.3, 0.4) is 0 Å². The van der Waals surface area contributed by atoms with Crippen molar-refractivity contribution in [2.24, 2.45) is 0 Å². The maximum Gasteiger partial charge on any atom is 0.233 e. The average molecular weight is 238 g/mol. The van der Waals surface area contributed by atoms with E-state index in [0.29, 0.717) is 18.4 Å². The fourth-order valence-corrected chi connectivity index (χ4v) is 2.11. The van der Waals surface area contributed by atoms with E-state index in [0.717, 1.165) is 31.8 Å². The van der Waals surface area contributed by atoms with Crippen molar-refractivity contribution in [2.45, 2.75) is 25.7 Å². The smallest absolute Gasteiger partial charge is 0.233 e. The number of likely N-dealkylation sites (N-methyl/N-ethyl adjacent to an activating group) is 1. The lowest BCUT2D eigenvalue weighted by atomic mass is 9.96. The number of likely N-dealkylation sites (tertiary alicyclic amines) is 1. The first-order valence-corrected chi connectivity index (χ1v) is 5.92. The predicted octanol–water partition coefficient (Wildman–Crippen LogP) is 0.303. The zero-order valence-corrected chi connectivity index (χ0v) is 10.3. The fourth-order valence-electron chi connectivity index (χ4n) is 2.11. The van der Waals surface area contributed by atoms with Gasteiger partial charge in [-0.15, -0.1) is 0 Å². The summed E-state index contributed by atoms with van der Waals surface area (Å²) in [5.41, 5.74) is 0. The Labute approximate surface area is 100 Å². The third kappa shape index (κ3) is 3.03. The minimum atomic E-state index is 0.0684. The van der Waals surface area contributed by atoms with Gasteiger partial charge in [-0.05, 0) is 25.9 Å². The number of nitrogens with zero attached hydrogens (tertiary/aromatic N) is 3. The molecule has 2 rings (SSSR count). The number of rotatable bonds is 3. The van der Waals surface area contributed by atoms with E-state index in [1.54, 1.807) is 14.0 Å². The van der Waals surface area contributed by atoms with Crippen LogP contribution in [0.1, 0.15) is 30.5 Å². The summed E-state index contributed by atoms with van der Waals surface area (Å²) in [5, 5.41) is 6.60. The number of aromatic nitrogens is 2. The number of nitrogens with one attached hydrogen (secondary N) is 1. The van der Waals surface area contributed by atoms with Crippen molar-refractivity contribution in [1.29, 1.82) is 0 Å². The van der Waals surface area contributed by atoms with Crippen LogP contribution in [0.4, 0.5) is 0 Å². The molecule has 0 unspecified atom stereocenters. The molecule has 0 spiro atoms. The molecule has 1 N–H and O–H groups in total. The van der Waals surface area contributed by atoms with Crippen molar-refractivity contribution in [3.8, 4) is 0 Å². The van der Waals surface area contributed by atoms with Gasteiger partial charge in [0.25, 0.3) is 0 Å². The molecule has 0 saturated carbocycles. The van der Waals surface area contributed by atoms with Gasteiger partial charge in [-0.3, -0.25) is 9.69 Å². The second-order valence-electron chi connectivity index (χ2n) is 4.40. The molecule has 0 atom stereocenters. The quantitative estimate of drug-likeness (QED) is 0.820. The summed E-state index contributed by atoms with van der Waals surface area (Å²) < 4.78 is 4.99. The Kier molecular flexibility index (Phi) is 3.73. The normalized spacial score (nSPS) is 18.2. The molecule has 0 aliphatic carbocycles. The van der Waals surface area contributed by atoms with Crippen LogP contribution in [-0.2, 0) is 4.79 Å². The van der Waals surface area contributed by atoms with Crippen molar-refractivity contribution in [1.82, 2.24) is 20.4 Å². The summed E-state index contributed by atoms with van der Waals surface area (Å²) in [6, 6.07) is 0. The van der Waals surface area contributed by atoms with E-state index in [1.807, 2.05) is 0 Å². The number of hydrogen-bond acceptors (Lipinski definition) is 5. The first-order valence-electron chi connectivity index (χ1n) is 5.92. The van der Waals surface area contributed by atoms with Crippen molar-refractivity contribution in [3.05, 3.63) is 11.7 Å². The van der Waals surface area contributed by atoms with Gasteiger partial charge >= 0.3 is 0 Å². The molecule has 1 fully saturated rings. The van der Waals surface area contributed by atoms with Crippen LogP contribution >= 0.6 is 0 Å². The Balaban J connectivity index is 1.84. The van der Waals surface area contributed by atoms with Crippen LogP contribution in [0.25, 0.3) is 0 Å². The summed E-state index contributed by atoms with van der Waals surface area (Å²) in [6.45, 7) is 4.10. The standard InChI is InChI=1S/C11H18N4O2/c1-8-13-11(14-17-8)9-3-5-15(6-4-9)7-10(16)12-2/h9H,3-7H2,1-2H3,(H,12,16). The topological polar surface area (TPSA) is 71.3 Å². The SMILES string of the molecule is CNC(=O)CN1CCC(c2noc(C)n2)CC1. The van der Waals surface area contributed by atoms with E-state index in [4.69, 9.17) is 4.52 Å². The van der Waals surface area contributed by atoms with Gasteiger partial charge < -0.3 is 9.84 Å². The van der Waals surface area contributed by atoms with E-state index >= 15 is 0 Å². The Hall–Kier alpha value is -1.43. The van der Waals surface area contributed by atoms with Crippen molar-refractivity contribution in [2.75, 3.05) is 26.7 Å². The van der Waals surface area contributed by atoms with Crippen LogP contribution < -0.4 is 5.32 Å². The summed E-state index contributed by atoms with van der Waals surface area (Å²) in [4.78, 5) is 17.7. The largest absolute Gasteiger partial charge is 0.358 e. The molecule has 1 saturated heterocycles. The number of hydrogen-bond donors (Lipinski definition) is 1. The van der Waals surface area contributed by atoms with Gasteiger partial charge in [-0.1, -0.05) is 5.16 Å². The number of amides is 1. The molecule has 6 nitrogen and oxygen atoms in total. The first-order chi connectivity index (χ1) is 8.19. The highest BCUT2D eigenvalue weighted by molar-refractivity contribution is 5.77. The highest BCUT2D eigenvalue weighted by Crippen LogP contribution is 2.25. The highest BCUT2D eigenvalue weighted by atomic mass is 16.5. The number of carbonyl (C=O) groups excluding carboxylic acids is 1. The van der Waals surface area contributed by atoms with Gasteiger partial charge in [0.05, 0.1) is 6.54 Å². The van der Waals surface area contributed by atoms with Crippen molar-refractivity contribution in [3.63, 3.8) is 0 Å². The lowest BCUT2D eigenvalue weighted by Crippen LogP contribution is -2.40. The maximum atomic E-state index is 11.2. The van der Waals surface area contributed by atoms with Crippen LogP contribution in [0.5, 0.6) is 0 Å². The predicted molar refractivity (Wildman–Crippen MR) is 61.5 cm³/mol. The summed E-state index contributed by atoms with van der Waals surface area (Å²) in [6.07, 6.45) is 1.96. The number of carbonyl (C=O) groups is 1. The molecule has 1 amide bonds. The Morgan fingerprint density at radius 3 is 2.76 bits per heavy atom. The van der Waals surface area contributed by atoms with Gasteiger partial charge in [0, 0.05) is 19.9 Å². The minimum Gasteiger partial charge on any atom is -0.358 e. The molecule has 0 bridgehead atoms. The number of piperidine rings is 1. The van der Waals surface area contributed by atoms with Gasteiger partial charge in [0.2, 0.25) is 11.8 Å². The highest BCUT2D eigenvalue weighted by Gasteiger charge is 2.24. The van der Waals surface area contributed by atoms with Crippen LogP contribution in [-0.4, -0.2) is 47.6 Å². The molecule has 94 valence electrons. The van der Waals surface area contributed by atoms with Crippen molar-refractivity contribution < 1.29 is 9.32 Å². The van der Waals surface area contributed by atoms with Gasteiger partial charge in [0.1, 0.15) is 0 Å². The average Bonchev–Trinajstić information content (AvgIpc) is 2.77. The first kappa shape index (κ1) is 12.0. The van der Waals surface area contributed by atoms with E-state index in [2.05, 4.69) is 20.4 Å². The molecule has 1 aliphatic rings. The molecular weight excluding hydrogens is 220 g/mol. The molecule has 6 heteroatoms. The molecule has 1 aromatic heterocycles. The molecular formula is C11H18N4O2. The van der Waals surface area contributed by atoms with Crippen LogP contribution in [0.2, 0.25) is 0 Å². The second-order valence-corrected chi connectivity index (χ2v) is 4.40. The van der Waals surface area contributed by atoms with Crippen LogP contribution in [0, 0.1) is 6.92 Å². The van der Waals surface area contributed by atoms with E-state index in [9.17, 15) is 4.79 Å². The van der Waals surface area contributed by atoms with Gasteiger partial charge in [-0.25, -0.2) is 0 Å². The van der Waals surface area contributed by atoms with Crippen molar-refractivity contribution >= 4 is 5.91 Å². The molecule has 2 heterocycles. The third-order valence-electron chi connectivity index (χ3n) is 3.14. The van der Waals surface area contributed by atoms with Gasteiger partial charge in [-0.2, -0.15) is 4.98 Å². The van der Waals surface area contributed by atoms with E-state index in [-0.39, 0.29) is 5.91 Å². The summed E-state index contributed by atoms with van der Waals surface area (Å²) in [5.74, 6) is 1.86. The van der Waals surface area contributed by atoms with Crippen LogP contribution in [0.15, 0.2) is 4.52 Å². The third-order valence-corrected chi connectivity index (χ3v) is 3.14. The Bertz CT molecular complexity index is 383. The zero-order valence-electron chi connectivity index (χ0n) is 10.3. The Morgan fingerprint density at radius 2 is 2.24 bits per heavy atom. The monoisotopic (exact) mass is 238 g/mol. The summed E-state index contributed by atoms with van der Waals surface area (Å²) >= 11 is 0. The van der Waals surface area contributed by atoms with E-state index < -0.39 is 0 Å². The number of aryl methyl sites for hydroxylation is 1. The lowest BCUT2D eigenvalue weighted by molar-refractivity contribution is -0.122. The zero-order chi connectivity index (χ0) is 12.3. The second kappa shape index (κ2) is 5.27. The molecule has 1 aliphatic heterocycles. The lowest BCUT2D eigenvalue weighted by Gasteiger charge is -2.29. The fraction of sp³-hybridized carbons (Fsp3) is 0.727. The molecule has 1 aromatic rings.